The van der Waals surface area contributed by atoms with Gasteiger partial charge in [-0.15, -0.1) is 0 Å². The van der Waals surface area contributed by atoms with Gasteiger partial charge in [0.25, 0.3) is 0 Å². The van der Waals surface area contributed by atoms with Crippen LogP contribution in [-0.2, 0) is 0 Å². The highest BCUT2D eigenvalue weighted by molar-refractivity contribution is 5.84. The monoisotopic (exact) mass is 284 g/mol. The van der Waals surface area contributed by atoms with Crippen molar-refractivity contribution in [2.45, 2.75) is 45.1 Å². The molecule has 1 atom stereocenters. The van der Waals surface area contributed by atoms with Gasteiger partial charge in [0, 0.05) is 0 Å². The molecule has 1 saturated carbocycles. The lowest BCUT2D eigenvalue weighted by Gasteiger charge is -2.27. The molecule has 21 heavy (non-hydrogen) atoms. The van der Waals surface area contributed by atoms with Gasteiger partial charge < -0.3 is 9.84 Å². The van der Waals surface area contributed by atoms with Crippen molar-refractivity contribution in [2.75, 3.05) is 6.61 Å². The molecule has 2 nitrogen and oxygen atoms in total. The van der Waals surface area contributed by atoms with E-state index in [1.807, 2.05) is 13.0 Å². The molecule has 1 unspecified atom stereocenters. The second-order valence-electron chi connectivity index (χ2n) is 6.04. The summed E-state index contributed by atoms with van der Waals surface area (Å²) >= 11 is 0. The Labute approximate surface area is 126 Å². The van der Waals surface area contributed by atoms with Crippen molar-refractivity contribution in [3.8, 4) is 5.75 Å². The summed E-state index contributed by atoms with van der Waals surface area (Å²) in [5, 5.41) is 13.0. The molecule has 3 rings (SSSR count). The average molecular weight is 284 g/mol. The molecule has 1 aliphatic rings. The minimum Gasteiger partial charge on any atom is -0.494 e. The van der Waals surface area contributed by atoms with Crippen LogP contribution in [0.5, 0.6) is 5.75 Å². The Morgan fingerprint density at radius 1 is 1.05 bits per heavy atom. The Morgan fingerprint density at radius 2 is 1.76 bits per heavy atom. The van der Waals surface area contributed by atoms with Gasteiger partial charge in [-0.1, -0.05) is 37.5 Å². The summed E-state index contributed by atoms with van der Waals surface area (Å²) in [6, 6.07) is 12.4. The van der Waals surface area contributed by atoms with Crippen molar-refractivity contribution in [1.82, 2.24) is 0 Å². The molecule has 1 aliphatic carbocycles. The lowest BCUT2D eigenvalue weighted by molar-refractivity contribution is 0.0849. The van der Waals surface area contributed by atoms with Gasteiger partial charge in [0.05, 0.1) is 12.7 Å². The smallest absolute Gasteiger partial charge is 0.119 e. The van der Waals surface area contributed by atoms with Crippen molar-refractivity contribution < 1.29 is 9.84 Å². The molecule has 0 aliphatic heterocycles. The second kappa shape index (κ2) is 6.48. The number of hydrogen-bond donors (Lipinski definition) is 1. The average Bonchev–Trinajstić information content (AvgIpc) is 2.55. The third kappa shape index (κ3) is 3.21. The molecule has 0 amide bonds. The van der Waals surface area contributed by atoms with Crippen LogP contribution < -0.4 is 4.74 Å². The Kier molecular flexibility index (Phi) is 4.45. The van der Waals surface area contributed by atoms with Gasteiger partial charge in [-0.3, -0.25) is 0 Å². The first-order valence-corrected chi connectivity index (χ1v) is 8.12. The highest BCUT2D eigenvalue weighted by Gasteiger charge is 2.23. The summed E-state index contributed by atoms with van der Waals surface area (Å²) in [5.74, 6) is 1.34. The largest absolute Gasteiger partial charge is 0.494 e. The Hall–Kier alpha value is -1.54. The number of aliphatic hydroxyl groups is 1. The van der Waals surface area contributed by atoms with Gasteiger partial charge in [0.2, 0.25) is 0 Å². The van der Waals surface area contributed by atoms with E-state index >= 15 is 0 Å². The van der Waals surface area contributed by atoms with E-state index in [1.54, 1.807) is 0 Å². The van der Waals surface area contributed by atoms with Crippen LogP contribution in [0, 0.1) is 5.92 Å². The van der Waals surface area contributed by atoms with E-state index in [9.17, 15) is 5.11 Å². The molecule has 2 heteroatoms. The van der Waals surface area contributed by atoms with Gasteiger partial charge in [-0.25, -0.2) is 0 Å². The van der Waals surface area contributed by atoms with Crippen LogP contribution in [0.2, 0.25) is 0 Å². The Morgan fingerprint density at radius 3 is 2.52 bits per heavy atom. The summed E-state index contributed by atoms with van der Waals surface area (Å²) in [4.78, 5) is 0. The molecule has 0 radical (unpaired) electrons. The van der Waals surface area contributed by atoms with Gasteiger partial charge in [-0.05, 0) is 60.2 Å². The van der Waals surface area contributed by atoms with Crippen molar-refractivity contribution in [3.63, 3.8) is 0 Å². The Balaban J connectivity index is 1.84. The molecular formula is C19H24O2. The van der Waals surface area contributed by atoms with Crippen LogP contribution in [0.15, 0.2) is 36.4 Å². The van der Waals surface area contributed by atoms with Crippen LogP contribution in [-0.4, -0.2) is 11.7 Å². The van der Waals surface area contributed by atoms with Gasteiger partial charge in [0.15, 0.2) is 0 Å². The number of rotatable bonds is 4. The normalized spacial score (nSPS) is 17.8. The van der Waals surface area contributed by atoms with E-state index in [-0.39, 0.29) is 6.10 Å². The fourth-order valence-electron chi connectivity index (χ4n) is 3.40. The zero-order valence-electron chi connectivity index (χ0n) is 12.7. The molecule has 1 N–H and O–H groups in total. The van der Waals surface area contributed by atoms with Gasteiger partial charge in [-0.2, -0.15) is 0 Å². The SMILES string of the molecule is CCOc1ccc2cc(C(O)C3CCCCC3)ccc2c1. The predicted octanol–water partition coefficient (Wildman–Crippen LogP) is 4.85. The van der Waals surface area contributed by atoms with Crippen molar-refractivity contribution in [2.24, 2.45) is 5.92 Å². The fourth-order valence-corrected chi connectivity index (χ4v) is 3.40. The first-order chi connectivity index (χ1) is 10.3. The minimum atomic E-state index is -0.318. The molecule has 2 aromatic rings. The molecule has 2 aromatic carbocycles. The topological polar surface area (TPSA) is 29.5 Å². The summed E-state index contributed by atoms with van der Waals surface area (Å²) in [7, 11) is 0. The number of benzene rings is 2. The molecule has 0 saturated heterocycles. The number of aliphatic hydroxyl groups excluding tert-OH is 1. The molecule has 112 valence electrons. The zero-order chi connectivity index (χ0) is 14.7. The van der Waals surface area contributed by atoms with E-state index in [0.717, 1.165) is 24.2 Å². The third-order valence-electron chi connectivity index (χ3n) is 4.58. The van der Waals surface area contributed by atoms with Crippen LogP contribution in [0.25, 0.3) is 10.8 Å². The van der Waals surface area contributed by atoms with E-state index < -0.39 is 0 Å². The maximum absolute atomic E-state index is 10.6. The number of ether oxygens (including phenoxy) is 1. The summed E-state index contributed by atoms with van der Waals surface area (Å²) in [5.41, 5.74) is 1.05. The first-order valence-electron chi connectivity index (χ1n) is 8.12. The summed E-state index contributed by atoms with van der Waals surface area (Å²) in [6.07, 6.45) is 5.83. The van der Waals surface area contributed by atoms with Crippen molar-refractivity contribution >= 4 is 10.8 Å². The van der Waals surface area contributed by atoms with E-state index in [2.05, 4.69) is 30.3 Å². The van der Waals surface area contributed by atoms with Crippen LogP contribution >= 0.6 is 0 Å². The van der Waals surface area contributed by atoms with E-state index in [0.29, 0.717) is 12.5 Å². The predicted molar refractivity (Wildman–Crippen MR) is 86.7 cm³/mol. The van der Waals surface area contributed by atoms with E-state index in [4.69, 9.17) is 4.74 Å². The van der Waals surface area contributed by atoms with Crippen molar-refractivity contribution in [1.29, 1.82) is 0 Å². The van der Waals surface area contributed by atoms with Crippen molar-refractivity contribution in [3.05, 3.63) is 42.0 Å². The standard InChI is InChI=1S/C19H24O2/c1-2-21-18-11-10-15-12-17(9-8-16(15)13-18)19(20)14-6-4-3-5-7-14/h8-14,19-20H,2-7H2,1H3. The fraction of sp³-hybridized carbons (Fsp3) is 0.474. The first kappa shape index (κ1) is 14.4. The number of hydrogen-bond acceptors (Lipinski definition) is 2. The van der Waals surface area contributed by atoms with Gasteiger partial charge >= 0.3 is 0 Å². The molecule has 0 heterocycles. The Bertz CT molecular complexity index is 600. The quantitative estimate of drug-likeness (QED) is 0.869. The summed E-state index contributed by atoms with van der Waals surface area (Å²) < 4.78 is 5.54. The molecule has 0 aromatic heterocycles. The third-order valence-corrected chi connectivity index (χ3v) is 4.58. The zero-order valence-corrected chi connectivity index (χ0v) is 12.7. The lowest BCUT2D eigenvalue weighted by Crippen LogP contribution is -2.15. The van der Waals surface area contributed by atoms with Crippen LogP contribution in [0.4, 0.5) is 0 Å². The second-order valence-corrected chi connectivity index (χ2v) is 6.04. The van der Waals surface area contributed by atoms with Crippen LogP contribution in [0.1, 0.15) is 50.7 Å². The lowest BCUT2D eigenvalue weighted by atomic mass is 9.82. The molecule has 0 bridgehead atoms. The molecule has 0 spiro atoms. The molecular weight excluding hydrogens is 260 g/mol. The highest BCUT2D eigenvalue weighted by atomic mass is 16.5. The van der Waals surface area contributed by atoms with Gasteiger partial charge in [0.1, 0.15) is 5.75 Å². The maximum Gasteiger partial charge on any atom is 0.119 e. The summed E-state index contributed by atoms with van der Waals surface area (Å²) in [6.45, 7) is 2.68. The van der Waals surface area contributed by atoms with E-state index in [1.165, 1.54) is 30.0 Å². The highest BCUT2D eigenvalue weighted by Crippen LogP contribution is 2.35. The van der Waals surface area contributed by atoms with Crippen LogP contribution in [0.3, 0.4) is 0 Å². The number of fused-ring (bicyclic) bond motifs is 1. The molecule has 1 fully saturated rings. The maximum atomic E-state index is 10.6. The minimum absolute atomic E-state index is 0.318.